The topological polar surface area (TPSA) is 39.9 Å². The van der Waals surface area contributed by atoms with Gasteiger partial charge in [0, 0.05) is 34.7 Å². The summed E-state index contributed by atoms with van der Waals surface area (Å²) in [5.41, 5.74) is 4.70. The monoisotopic (exact) mass is 404 g/mol. The molecule has 0 aliphatic rings. The summed E-state index contributed by atoms with van der Waals surface area (Å²) in [6.07, 6.45) is 2.10. The van der Waals surface area contributed by atoms with Crippen LogP contribution < -0.4 is 28.5 Å². The standard InChI is InChI=1S/C18H16N2O.HI/c1-10-13-6-7-20(3)11(2)14(13)9-16-15-8-12(21)4-5-17(15)19-18(10)16;/h4-9,21H,1-3H3;1H. The summed E-state index contributed by atoms with van der Waals surface area (Å²) in [6, 6.07) is 9.88. The molecule has 112 valence electrons. The van der Waals surface area contributed by atoms with Crippen LogP contribution in [0.5, 0.6) is 5.75 Å². The summed E-state index contributed by atoms with van der Waals surface area (Å²) in [6.45, 7) is 4.29. The number of H-pyrrole nitrogens is 1. The zero-order valence-electron chi connectivity index (χ0n) is 12.7. The lowest BCUT2D eigenvalue weighted by Crippen LogP contribution is -3.00. The van der Waals surface area contributed by atoms with Crippen molar-refractivity contribution in [2.75, 3.05) is 0 Å². The highest BCUT2D eigenvalue weighted by molar-refractivity contribution is 6.14. The van der Waals surface area contributed by atoms with E-state index >= 15 is 0 Å². The van der Waals surface area contributed by atoms with Crippen molar-refractivity contribution in [2.45, 2.75) is 13.8 Å². The highest BCUT2D eigenvalue weighted by Gasteiger charge is 2.14. The molecule has 0 radical (unpaired) electrons. The number of aromatic hydroxyl groups is 1. The maximum atomic E-state index is 9.77. The van der Waals surface area contributed by atoms with Crippen molar-refractivity contribution in [3.63, 3.8) is 0 Å². The second-order valence-corrected chi connectivity index (χ2v) is 5.75. The van der Waals surface area contributed by atoms with Gasteiger partial charge in [0.1, 0.15) is 12.8 Å². The summed E-state index contributed by atoms with van der Waals surface area (Å²) in [5, 5.41) is 14.5. The molecule has 0 atom stereocenters. The first-order valence-corrected chi connectivity index (χ1v) is 7.09. The Morgan fingerprint density at radius 1 is 0.955 bits per heavy atom. The van der Waals surface area contributed by atoms with Crippen LogP contribution in [0, 0.1) is 13.8 Å². The fraction of sp³-hybridized carbons (Fsp3) is 0.167. The number of benzene rings is 2. The van der Waals surface area contributed by atoms with Gasteiger partial charge >= 0.3 is 0 Å². The number of halogens is 1. The number of aryl methyl sites for hydroxylation is 3. The van der Waals surface area contributed by atoms with Gasteiger partial charge in [-0.3, -0.25) is 0 Å². The van der Waals surface area contributed by atoms with E-state index in [9.17, 15) is 5.11 Å². The van der Waals surface area contributed by atoms with Gasteiger partial charge in [-0.25, -0.2) is 4.57 Å². The lowest BCUT2D eigenvalue weighted by molar-refractivity contribution is -0.676. The van der Waals surface area contributed by atoms with Crippen LogP contribution in [0.4, 0.5) is 0 Å². The molecular weight excluding hydrogens is 387 g/mol. The zero-order chi connectivity index (χ0) is 14.7. The van der Waals surface area contributed by atoms with E-state index in [1.807, 2.05) is 12.1 Å². The molecule has 4 rings (SSSR count). The Morgan fingerprint density at radius 2 is 1.73 bits per heavy atom. The summed E-state index contributed by atoms with van der Waals surface area (Å²) in [4.78, 5) is 3.48. The molecule has 0 aliphatic carbocycles. The number of aromatic nitrogens is 2. The number of nitrogens with one attached hydrogen (secondary N) is 1. The molecule has 0 aliphatic heterocycles. The Kier molecular flexibility index (Phi) is 3.51. The maximum absolute atomic E-state index is 9.77. The lowest BCUT2D eigenvalue weighted by Gasteiger charge is -2.05. The second-order valence-electron chi connectivity index (χ2n) is 5.75. The van der Waals surface area contributed by atoms with Crippen molar-refractivity contribution in [1.82, 2.24) is 4.98 Å². The van der Waals surface area contributed by atoms with E-state index < -0.39 is 0 Å². The Labute approximate surface area is 145 Å². The van der Waals surface area contributed by atoms with Gasteiger partial charge in [0.05, 0.1) is 5.52 Å². The highest BCUT2D eigenvalue weighted by Crippen LogP contribution is 2.34. The van der Waals surface area contributed by atoms with Crippen LogP contribution >= 0.6 is 0 Å². The molecule has 0 amide bonds. The molecule has 4 heteroatoms. The molecule has 3 nitrogen and oxygen atoms in total. The molecule has 0 spiro atoms. The highest BCUT2D eigenvalue weighted by atomic mass is 127. The second kappa shape index (κ2) is 5.12. The number of pyridine rings is 1. The number of nitrogens with zero attached hydrogens (tertiary/aromatic N) is 1. The van der Waals surface area contributed by atoms with Gasteiger partial charge in [0.25, 0.3) is 0 Å². The number of phenolic OH excluding ortho intramolecular Hbond substituents is 1. The Hall–Kier alpha value is -1.82. The largest absolute Gasteiger partial charge is 1.00 e. The number of aromatic amines is 1. The van der Waals surface area contributed by atoms with E-state index in [1.54, 1.807) is 6.07 Å². The minimum absolute atomic E-state index is 0. The van der Waals surface area contributed by atoms with Gasteiger partial charge in [0.15, 0.2) is 11.9 Å². The molecular formula is C18H17IN2O. The first kappa shape index (κ1) is 15.1. The van der Waals surface area contributed by atoms with Gasteiger partial charge in [-0.15, -0.1) is 0 Å². The summed E-state index contributed by atoms with van der Waals surface area (Å²) in [5.74, 6) is 0.302. The number of phenols is 1. The van der Waals surface area contributed by atoms with Crippen LogP contribution in [0.3, 0.4) is 0 Å². The third kappa shape index (κ3) is 1.97. The van der Waals surface area contributed by atoms with Gasteiger partial charge in [-0.2, -0.15) is 0 Å². The average Bonchev–Trinajstić information content (AvgIpc) is 2.82. The van der Waals surface area contributed by atoms with Crippen LogP contribution in [0.15, 0.2) is 36.5 Å². The maximum Gasteiger partial charge on any atom is 0.185 e. The van der Waals surface area contributed by atoms with E-state index in [0.29, 0.717) is 5.75 Å². The van der Waals surface area contributed by atoms with Gasteiger partial charge in [0.2, 0.25) is 0 Å². The fourth-order valence-corrected chi connectivity index (χ4v) is 3.21. The molecule has 0 saturated heterocycles. The molecule has 2 N–H and O–H groups in total. The molecule has 0 fully saturated rings. The molecule has 0 saturated carbocycles. The SMILES string of the molecule is Cc1c2cc[n+](C)c(C)c2cc2c1[nH]c1ccc(O)cc12.[I-]. The summed E-state index contributed by atoms with van der Waals surface area (Å²) in [7, 11) is 2.06. The number of rotatable bonds is 0. The van der Waals surface area contributed by atoms with Crippen LogP contribution in [-0.2, 0) is 7.05 Å². The Morgan fingerprint density at radius 3 is 2.50 bits per heavy atom. The first-order valence-electron chi connectivity index (χ1n) is 7.09. The van der Waals surface area contributed by atoms with Crippen molar-refractivity contribution in [3.05, 3.63) is 47.8 Å². The van der Waals surface area contributed by atoms with Crippen LogP contribution in [0.25, 0.3) is 32.6 Å². The van der Waals surface area contributed by atoms with E-state index in [1.165, 1.54) is 27.4 Å². The zero-order valence-corrected chi connectivity index (χ0v) is 14.9. The van der Waals surface area contributed by atoms with E-state index in [0.717, 1.165) is 16.4 Å². The fourth-order valence-electron chi connectivity index (χ4n) is 3.21. The molecule has 0 bridgehead atoms. The minimum atomic E-state index is 0. The van der Waals surface area contributed by atoms with Crippen molar-refractivity contribution < 1.29 is 33.7 Å². The third-order valence-corrected chi connectivity index (χ3v) is 4.56. The normalized spacial score (nSPS) is 11.2. The molecule has 0 unspecified atom stereocenters. The molecule has 2 aromatic carbocycles. The third-order valence-electron chi connectivity index (χ3n) is 4.56. The smallest absolute Gasteiger partial charge is 0.185 e. The molecule has 2 aromatic heterocycles. The van der Waals surface area contributed by atoms with E-state index in [2.05, 4.69) is 48.8 Å². The van der Waals surface area contributed by atoms with Crippen molar-refractivity contribution in [2.24, 2.45) is 7.05 Å². The van der Waals surface area contributed by atoms with Crippen molar-refractivity contribution in [1.29, 1.82) is 0 Å². The average molecular weight is 404 g/mol. The van der Waals surface area contributed by atoms with Gasteiger partial charge in [-0.05, 0) is 42.1 Å². The molecule has 4 aromatic rings. The number of fused-ring (bicyclic) bond motifs is 4. The molecule has 22 heavy (non-hydrogen) atoms. The predicted octanol–water partition coefficient (Wildman–Crippen LogP) is 0.625. The predicted molar refractivity (Wildman–Crippen MR) is 85.6 cm³/mol. The van der Waals surface area contributed by atoms with E-state index in [4.69, 9.17) is 0 Å². The summed E-state index contributed by atoms with van der Waals surface area (Å²) < 4.78 is 2.14. The van der Waals surface area contributed by atoms with Crippen molar-refractivity contribution >= 4 is 32.6 Å². The van der Waals surface area contributed by atoms with Crippen LogP contribution in [0.2, 0.25) is 0 Å². The quantitative estimate of drug-likeness (QED) is 0.328. The molecule has 2 heterocycles. The Balaban J connectivity index is 0.00000144. The number of hydrogen-bond acceptors (Lipinski definition) is 1. The summed E-state index contributed by atoms with van der Waals surface area (Å²) >= 11 is 0. The van der Waals surface area contributed by atoms with Crippen LogP contribution in [0.1, 0.15) is 11.3 Å². The van der Waals surface area contributed by atoms with E-state index in [-0.39, 0.29) is 24.0 Å². The Bertz CT molecular complexity index is 1030. The van der Waals surface area contributed by atoms with Gasteiger partial charge in [-0.1, -0.05) is 0 Å². The van der Waals surface area contributed by atoms with Crippen molar-refractivity contribution in [3.8, 4) is 5.75 Å². The lowest BCUT2D eigenvalue weighted by atomic mass is 10.0. The minimum Gasteiger partial charge on any atom is -1.00 e. The number of hydrogen-bond donors (Lipinski definition) is 2. The van der Waals surface area contributed by atoms with Crippen LogP contribution in [-0.4, -0.2) is 10.1 Å². The van der Waals surface area contributed by atoms with Gasteiger partial charge < -0.3 is 34.1 Å². The first-order chi connectivity index (χ1) is 10.1.